The summed E-state index contributed by atoms with van der Waals surface area (Å²) in [6, 6.07) is 7.35. The van der Waals surface area contributed by atoms with Gasteiger partial charge in [0.15, 0.2) is 0 Å². The van der Waals surface area contributed by atoms with Gasteiger partial charge in [-0.25, -0.2) is 0 Å². The fraction of sp³-hybridized carbons (Fsp3) is 0.538. The molecule has 0 fully saturated rings. The number of aliphatic hydroxyl groups excluding tert-OH is 2. The van der Waals surface area contributed by atoms with Gasteiger partial charge in [0.25, 0.3) is 0 Å². The van der Waals surface area contributed by atoms with Crippen LogP contribution in [0.4, 0.5) is 0 Å². The number of hydrogen-bond donors (Lipinski definition) is 3. The van der Waals surface area contributed by atoms with Crippen molar-refractivity contribution in [2.24, 2.45) is 5.92 Å². The normalized spacial score (nSPS) is 14.4. The molecule has 2 atom stereocenters. The van der Waals surface area contributed by atoms with Crippen LogP contribution >= 0.6 is 0 Å². The smallest absolute Gasteiger partial charge is 0.118 e. The molecule has 0 heterocycles. The highest BCUT2D eigenvalue weighted by Crippen LogP contribution is 2.16. The molecule has 1 aromatic carbocycles. The van der Waals surface area contributed by atoms with Gasteiger partial charge in [0.1, 0.15) is 5.75 Å². The maximum absolute atomic E-state index is 9.90. The molecule has 4 nitrogen and oxygen atoms in total. The number of nitrogens with one attached hydrogen (secondary N) is 1. The van der Waals surface area contributed by atoms with Crippen molar-refractivity contribution in [3.8, 4) is 5.75 Å². The van der Waals surface area contributed by atoms with Crippen LogP contribution in [0.3, 0.4) is 0 Å². The average molecular weight is 239 g/mol. The van der Waals surface area contributed by atoms with E-state index in [-0.39, 0.29) is 12.5 Å². The molecule has 0 saturated carbocycles. The molecule has 0 aromatic heterocycles. The van der Waals surface area contributed by atoms with Gasteiger partial charge in [-0.05, 0) is 30.2 Å². The Bertz CT molecular complexity index is 313. The van der Waals surface area contributed by atoms with Crippen LogP contribution in [0.15, 0.2) is 24.3 Å². The Morgan fingerprint density at radius 2 is 1.88 bits per heavy atom. The topological polar surface area (TPSA) is 61.7 Å². The van der Waals surface area contributed by atoms with Crippen molar-refractivity contribution in [2.45, 2.75) is 13.0 Å². The number of ether oxygens (including phenoxy) is 1. The van der Waals surface area contributed by atoms with Crippen molar-refractivity contribution in [3.63, 3.8) is 0 Å². The molecule has 1 rings (SSSR count). The molecular formula is C13H21NO3. The summed E-state index contributed by atoms with van der Waals surface area (Å²) in [5.74, 6) is 0.987. The molecule has 0 bridgehead atoms. The van der Waals surface area contributed by atoms with E-state index in [0.717, 1.165) is 11.3 Å². The van der Waals surface area contributed by atoms with E-state index in [2.05, 4.69) is 5.32 Å². The zero-order valence-electron chi connectivity index (χ0n) is 10.4. The Morgan fingerprint density at radius 1 is 1.24 bits per heavy atom. The molecule has 0 aliphatic heterocycles. The van der Waals surface area contributed by atoms with Gasteiger partial charge in [-0.3, -0.25) is 0 Å². The number of methoxy groups -OCH3 is 1. The summed E-state index contributed by atoms with van der Waals surface area (Å²) in [6.45, 7) is 3.29. The van der Waals surface area contributed by atoms with E-state index < -0.39 is 6.10 Å². The van der Waals surface area contributed by atoms with Crippen molar-refractivity contribution in [1.29, 1.82) is 0 Å². The van der Waals surface area contributed by atoms with Gasteiger partial charge in [0.2, 0.25) is 0 Å². The van der Waals surface area contributed by atoms with Crippen molar-refractivity contribution < 1.29 is 14.9 Å². The highest BCUT2D eigenvalue weighted by Gasteiger charge is 2.07. The third kappa shape index (κ3) is 4.73. The van der Waals surface area contributed by atoms with E-state index in [1.54, 1.807) is 7.11 Å². The van der Waals surface area contributed by atoms with E-state index in [4.69, 9.17) is 9.84 Å². The summed E-state index contributed by atoms with van der Waals surface area (Å²) in [5.41, 5.74) is 0.856. The van der Waals surface area contributed by atoms with E-state index in [1.807, 2.05) is 31.2 Å². The lowest BCUT2D eigenvalue weighted by molar-refractivity contribution is 0.168. The quantitative estimate of drug-likeness (QED) is 0.663. The molecule has 2 unspecified atom stereocenters. The molecule has 0 radical (unpaired) electrons. The molecule has 1 aromatic rings. The summed E-state index contributed by atoms with van der Waals surface area (Å²) < 4.78 is 5.05. The van der Waals surface area contributed by atoms with Crippen LogP contribution in [0.25, 0.3) is 0 Å². The molecule has 96 valence electrons. The second kappa shape index (κ2) is 7.27. The predicted octanol–water partition coefficient (Wildman–Crippen LogP) is 0.947. The molecule has 17 heavy (non-hydrogen) atoms. The Kier molecular flexibility index (Phi) is 5.97. The van der Waals surface area contributed by atoms with E-state index in [9.17, 15) is 5.11 Å². The number of hydrogen-bond acceptors (Lipinski definition) is 4. The molecule has 0 aliphatic rings. The fourth-order valence-electron chi connectivity index (χ4n) is 1.47. The summed E-state index contributed by atoms with van der Waals surface area (Å²) in [7, 11) is 1.61. The zero-order valence-corrected chi connectivity index (χ0v) is 10.4. The zero-order chi connectivity index (χ0) is 12.7. The van der Waals surface area contributed by atoms with Crippen LogP contribution < -0.4 is 10.1 Å². The van der Waals surface area contributed by atoms with Gasteiger partial charge in [-0.15, -0.1) is 0 Å². The van der Waals surface area contributed by atoms with E-state index in [1.165, 1.54) is 0 Å². The monoisotopic (exact) mass is 239 g/mol. The molecule has 3 N–H and O–H groups in total. The number of benzene rings is 1. The van der Waals surface area contributed by atoms with Gasteiger partial charge in [0.05, 0.1) is 13.2 Å². The van der Waals surface area contributed by atoms with Gasteiger partial charge in [0, 0.05) is 13.2 Å². The van der Waals surface area contributed by atoms with Crippen molar-refractivity contribution >= 4 is 0 Å². The summed E-state index contributed by atoms with van der Waals surface area (Å²) >= 11 is 0. The minimum atomic E-state index is -0.535. The Balaban J connectivity index is 2.38. The summed E-state index contributed by atoms with van der Waals surface area (Å²) in [4.78, 5) is 0. The highest BCUT2D eigenvalue weighted by atomic mass is 16.5. The Morgan fingerprint density at radius 3 is 2.41 bits per heavy atom. The van der Waals surface area contributed by atoms with Crippen LogP contribution in [-0.2, 0) is 0 Å². The second-order valence-corrected chi connectivity index (χ2v) is 4.23. The third-order valence-electron chi connectivity index (χ3n) is 2.64. The minimum Gasteiger partial charge on any atom is -0.497 e. The van der Waals surface area contributed by atoms with Crippen molar-refractivity contribution in [2.75, 3.05) is 26.8 Å². The molecule has 4 heteroatoms. The van der Waals surface area contributed by atoms with Crippen LogP contribution in [0, 0.1) is 5.92 Å². The van der Waals surface area contributed by atoms with Crippen LogP contribution in [0.1, 0.15) is 18.6 Å². The second-order valence-electron chi connectivity index (χ2n) is 4.23. The number of aliphatic hydroxyl groups is 2. The van der Waals surface area contributed by atoms with Crippen LogP contribution in [-0.4, -0.2) is 37.0 Å². The maximum Gasteiger partial charge on any atom is 0.118 e. The van der Waals surface area contributed by atoms with Gasteiger partial charge < -0.3 is 20.3 Å². The Labute approximate surface area is 102 Å². The van der Waals surface area contributed by atoms with Crippen molar-refractivity contribution in [3.05, 3.63) is 29.8 Å². The van der Waals surface area contributed by atoms with E-state index >= 15 is 0 Å². The van der Waals surface area contributed by atoms with Crippen LogP contribution in [0.5, 0.6) is 5.75 Å². The summed E-state index contributed by atoms with van der Waals surface area (Å²) in [6.07, 6.45) is -0.535. The third-order valence-corrected chi connectivity index (χ3v) is 2.64. The largest absolute Gasteiger partial charge is 0.497 e. The lowest BCUT2D eigenvalue weighted by atomic mass is 10.1. The fourth-order valence-corrected chi connectivity index (χ4v) is 1.47. The lowest BCUT2D eigenvalue weighted by Crippen LogP contribution is -2.27. The lowest BCUT2D eigenvalue weighted by Gasteiger charge is -2.14. The first kappa shape index (κ1) is 14.0. The van der Waals surface area contributed by atoms with E-state index in [0.29, 0.717) is 13.1 Å². The van der Waals surface area contributed by atoms with Gasteiger partial charge in [-0.2, -0.15) is 0 Å². The molecular weight excluding hydrogens is 218 g/mol. The maximum atomic E-state index is 9.90. The predicted molar refractivity (Wildman–Crippen MR) is 67.1 cm³/mol. The molecule has 0 aliphatic carbocycles. The molecule has 0 amide bonds. The van der Waals surface area contributed by atoms with Gasteiger partial charge in [-0.1, -0.05) is 19.1 Å². The summed E-state index contributed by atoms with van der Waals surface area (Å²) in [5, 5.41) is 21.9. The Hall–Kier alpha value is -1.10. The van der Waals surface area contributed by atoms with Gasteiger partial charge >= 0.3 is 0 Å². The number of rotatable bonds is 7. The first-order valence-electron chi connectivity index (χ1n) is 5.81. The first-order valence-corrected chi connectivity index (χ1v) is 5.81. The highest BCUT2D eigenvalue weighted by molar-refractivity contribution is 5.28. The van der Waals surface area contributed by atoms with Crippen molar-refractivity contribution in [1.82, 2.24) is 5.32 Å². The minimum absolute atomic E-state index is 0.158. The SMILES string of the molecule is COc1ccc(C(O)CNCC(C)CO)cc1. The molecule has 0 spiro atoms. The molecule has 0 saturated heterocycles. The average Bonchev–Trinajstić information content (AvgIpc) is 2.38. The standard InChI is InChI=1S/C13H21NO3/c1-10(9-15)7-14-8-13(16)11-3-5-12(17-2)6-4-11/h3-6,10,13-16H,7-9H2,1-2H3. The first-order chi connectivity index (χ1) is 8.17. The van der Waals surface area contributed by atoms with Crippen LogP contribution in [0.2, 0.25) is 0 Å².